The smallest absolute Gasteiger partial charge is 0.247 e. The van der Waals surface area contributed by atoms with Gasteiger partial charge in [-0.3, -0.25) is 4.79 Å². The fourth-order valence-electron chi connectivity index (χ4n) is 1.88. The van der Waals surface area contributed by atoms with Gasteiger partial charge in [-0.2, -0.15) is 0 Å². The molecule has 2 aliphatic rings. The zero-order valence-electron chi connectivity index (χ0n) is 8.01. The quantitative estimate of drug-likeness (QED) is 0.691. The van der Waals surface area contributed by atoms with Crippen LogP contribution in [0, 0.1) is 0 Å². The van der Waals surface area contributed by atoms with Crippen LogP contribution in [0.5, 0.6) is 0 Å². The summed E-state index contributed by atoms with van der Waals surface area (Å²) in [5.74, 6) is 0.199. The summed E-state index contributed by atoms with van der Waals surface area (Å²) in [6.45, 7) is 0. The Balaban J connectivity index is 1.84. The Labute approximate surface area is 79.4 Å². The maximum atomic E-state index is 11.6. The first-order valence-electron chi connectivity index (χ1n) is 5.36. The van der Waals surface area contributed by atoms with E-state index >= 15 is 0 Å². The summed E-state index contributed by atoms with van der Waals surface area (Å²) >= 11 is 0. The van der Waals surface area contributed by atoms with E-state index < -0.39 is 0 Å². The highest BCUT2D eigenvalue weighted by atomic mass is 16.1. The number of amides is 1. The number of carbonyl (C=O) groups excluding carboxylic acids is 1. The van der Waals surface area contributed by atoms with Crippen molar-refractivity contribution in [2.45, 2.75) is 51.0 Å². The van der Waals surface area contributed by atoms with Gasteiger partial charge in [-0.05, 0) is 44.9 Å². The zero-order chi connectivity index (χ0) is 9.10. The van der Waals surface area contributed by atoms with Crippen LogP contribution in [0.4, 0.5) is 0 Å². The van der Waals surface area contributed by atoms with Crippen LogP contribution in [-0.4, -0.2) is 11.9 Å². The van der Waals surface area contributed by atoms with Gasteiger partial charge in [-0.1, -0.05) is 6.08 Å². The van der Waals surface area contributed by atoms with E-state index in [-0.39, 0.29) is 5.91 Å². The van der Waals surface area contributed by atoms with E-state index in [1.54, 1.807) is 0 Å². The standard InChI is InChI=1S/C11H17NO/c13-11(12-10-7-4-8-10)9-5-2-1-3-6-9/h5,10H,1-4,6-8H2,(H,12,13). The van der Waals surface area contributed by atoms with Crippen molar-refractivity contribution in [2.75, 3.05) is 0 Å². The minimum Gasteiger partial charge on any atom is -0.350 e. The molecule has 2 heteroatoms. The van der Waals surface area contributed by atoms with Crippen molar-refractivity contribution >= 4 is 5.91 Å². The largest absolute Gasteiger partial charge is 0.350 e. The summed E-state index contributed by atoms with van der Waals surface area (Å²) in [4.78, 5) is 11.6. The van der Waals surface area contributed by atoms with Crippen molar-refractivity contribution in [1.29, 1.82) is 0 Å². The van der Waals surface area contributed by atoms with Crippen LogP contribution in [0.3, 0.4) is 0 Å². The van der Waals surface area contributed by atoms with Crippen molar-refractivity contribution < 1.29 is 4.79 Å². The molecule has 0 bridgehead atoms. The third kappa shape index (κ3) is 2.11. The lowest BCUT2D eigenvalue weighted by Gasteiger charge is -2.27. The monoisotopic (exact) mass is 179 g/mol. The van der Waals surface area contributed by atoms with Gasteiger partial charge in [0.1, 0.15) is 0 Å². The predicted octanol–water partition coefficient (Wildman–Crippen LogP) is 2.16. The molecule has 72 valence electrons. The molecule has 2 aliphatic carbocycles. The number of hydrogen-bond acceptors (Lipinski definition) is 1. The number of allylic oxidation sites excluding steroid dienone is 1. The Morgan fingerprint density at radius 3 is 2.69 bits per heavy atom. The maximum Gasteiger partial charge on any atom is 0.247 e. The van der Waals surface area contributed by atoms with E-state index in [0.29, 0.717) is 6.04 Å². The molecule has 0 aromatic carbocycles. The van der Waals surface area contributed by atoms with Crippen molar-refractivity contribution in [1.82, 2.24) is 5.32 Å². The van der Waals surface area contributed by atoms with Crippen LogP contribution in [0.1, 0.15) is 44.9 Å². The lowest BCUT2D eigenvalue weighted by Crippen LogP contribution is -2.40. The molecule has 2 nitrogen and oxygen atoms in total. The summed E-state index contributed by atoms with van der Waals surface area (Å²) < 4.78 is 0. The highest BCUT2D eigenvalue weighted by molar-refractivity contribution is 5.93. The Hall–Kier alpha value is -0.790. The molecule has 2 rings (SSSR count). The molecule has 0 saturated heterocycles. The molecule has 1 saturated carbocycles. The molecule has 0 aromatic rings. The number of carbonyl (C=O) groups is 1. The Bertz CT molecular complexity index is 228. The van der Waals surface area contributed by atoms with Crippen LogP contribution < -0.4 is 5.32 Å². The Morgan fingerprint density at radius 1 is 1.31 bits per heavy atom. The topological polar surface area (TPSA) is 29.1 Å². The zero-order valence-corrected chi connectivity index (χ0v) is 8.01. The first-order chi connectivity index (χ1) is 6.36. The highest BCUT2D eigenvalue weighted by Gasteiger charge is 2.21. The SMILES string of the molecule is O=C(NC1CCC1)C1=CCCCC1. The number of hydrogen-bond donors (Lipinski definition) is 1. The first kappa shape index (κ1) is 8.79. The molecule has 0 aromatic heterocycles. The van der Waals surface area contributed by atoms with E-state index in [0.717, 1.165) is 18.4 Å². The third-order valence-corrected chi connectivity index (χ3v) is 3.02. The van der Waals surface area contributed by atoms with Crippen LogP contribution in [0.25, 0.3) is 0 Å². The summed E-state index contributed by atoms with van der Waals surface area (Å²) in [6.07, 6.45) is 10.3. The van der Waals surface area contributed by atoms with Gasteiger partial charge in [0, 0.05) is 11.6 Å². The summed E-state index contributed by atoms with van der Waals surface area (Å²) in [7, 11) is 0. The predicted molar refractivity (Wildman–Crippen MR) is 52.3 cm³/mol. The lowest BCUT2D eigenvalue weighted by atomic mass is 9.92. The lowest BCUT2D eigenvalue weighted by molar-refractivity contribution is -0.118. The molecule has 13 heavy (non-hydrogen) atoms. The second-order valence-corrected chi connectivity index (χ2v) is 4.08. The van der Waals surface area contributed by atoms with E-state index in [2.05, 4.69) is 11.4 Å². The first-order valence-corrected chi connectivity index (χ1v) is 5.36. The minimum absolute atomic E-state index is 0.199. The van der Waals surface area contributed by atoms with E-state index in [4.69, 9.17) is 0 Å². The van der Waals surface area contributed by atoms with E-state index in [1.165, 1.54) is 32.1 Å². The molecule has 1 amide bonds. The van der Waals surface area contributed by atoms with Gasteiger partial charge in [0.15, 0.2) is 0 Å². The fourth-order valence-corrected chi connectivity index (χ4v) is 1.88. The average Bonchev–Trinajstić information content (AvgIpc) is 2.12. The second kappa shape index (κ2) is 3.95. The minimum atomic E-state index is 0.199. The van der Waals surface area contributed by atoms with Crippen LogP contribution >= 0.6 is 0 Å². The number of rotatable bonds is 2. The van der Waals surface area contributed by atoms with E-state index in [9.17, 15) is 4.79 Å². The summed E-state index contributed by atoms with van der Waals surface area (Å²) in [5.41, 5.74) is 1.03. The van der Waals surface area contributed by atoms with Crippen molar-refractivity contribution in [2.24, 2.45) is 0 Å². The summed E-state index contributed by atoms with van der Waals surface area (Å²) in [6, 6.07) is 0.482. The number of nitrogens with one attached hydrogen (secondary N) is 1. The molecule has 0 unspecified atom stereocenters. The molecule has 0 heterocycles. The Kier molecular flexibility index (Phi) is 2.67. The van der Waals surface area contributed by atoms with Gasteiger partial charge >= 0.3 is 0 Å². The molecule has 1 N–H and O–H groups in total. The molecular formula is C11H17NO. The second-order valence-electron chi connectivity index (χ2n) is 4.08. The van der Waals surface area contributed by atoms with Gasteiger partial charge in [-0.15, -0.1) is 0 Å². The fraction of sp³-hybridized carbons (Fsp3) is 0.727. The summed E-state index contributed by atoms with van der Waals surface area (Å²) in [5, 5.41) is 3.08. The molecule has 0 aliphatic heterocycles. The molecular weight excluding hydrogens is 162 g/mol. The van der Waals surface area contributed by atoms with Crippen molar-refractivity contribution in [3.05, 3.63) is 11.6 Å². The van der Waals surface area contributed by atoms with Gasteiger partial charge < -0.3 is 5.32 Å². The van der Waals surface area contributed by atoms with Crippen molar-refractivity contribution in [3.63, 3.8) is 0 Å². The van der Waals surface area contributed by atoms with Crippen LogP contribution in [0.2, 0.25) is 0 Å². The normalized spacial score (nSPS) is 23.2. The highest BCUT2D eigenvalue weighted by Crippen LogP contribution is 2.21. The van der Waals surface area contributed by atoms with Crippen LogP contribution in [0.15, 0.2) is 11.6 Å². The average molecular weight is 179 g/mol. The van der Waals surface area contributed by atoms with Crippen molar-refractivity contribution in [3.8, 4) is 0 Å². The molecule has 0 spiro atoms. The van der Waals surface area contributed by atoms with Gasteiger partial charge in [0.2, 0.25) is 5.91 Å². The van der Waals surface area contributed by atoms with E-state index in [1.807, 2.05) is 0 Å². The maximum absolute atomic E-state index is 11.6. The molecule has 0 atom stereocenters. The molecule has 1 fully saturated rings. The van der Waals surface area contributed by atoms with Gasteiger partial charge in [-0.25, -0.2) is 0 Å². The Morgan fingerprint density at radius 2 is 2.15 bits per heavy atom. The van der Waals surface area contributed by atoms with Gasteiger partial charge in [0.25, 0.3) is 0 Å². The van der Waals surface area contributed by atoms with Crippen LogP contribution in [-0.2, 0) is 4.79 Å². The third-order valence-electron chi connectivity index (χ3n) is 3.02. The molecule has 0 radical (unpaired) electrons. The van der Waals surface area contributed by atoms with Gasteiger partial charge in [0.05, 0.1) is 0 Å².